The molecule has 1 atom stereocenters. The van der Waals surface area contributed by atoms with Crippen molar-refractivity contribution in [2.75, 3.05) is 11.4 Å². The average Bonchev–Trinajstić information content (AvgIpc) is 2.59. The maximum atomic E-state index is 12.4. The monoisotopic (exact) mass is 327 g/mol. The lowest BCUT2D eigenvalue weighted by Gasteiger charge is -2.32. The Morgan fingerprint density at radius 2 is 1.92 bits per heavy atom. The Hall–Kier alpha value is -3.02. The van der Waals surface area contributed by atoms with Crippen LogP contribution in [0.5, 0.6) is 5.75 Å². The molecule has 1 amide bonds. The van der Waals surface area contributed by atoms with Crippen LogP contribution in [0.4, 0.5) is 10.5 Å². The summed E-state index contributed by atoms with van der Waals surface area (Å²) >= 11 is 0. The number of amides is 1. The first-order valence-electron chi connectivity index (χ1n) is 7.60. The summed E-state index contributed by atoms with van der Waals surface area (Å²) in [6.07, 6.45) is -0.263. The number of fused-ring (bicyclic) bond motifs is 1. The molecule has 0 radical (unpaired) electrons. The number of benzene rings is 2. The van der Waals surface area contributed by atoms with Gasteiger partial charge in [-0.15, -0.1) is 0 Å². The maximum Gasteiger partial charge on any atom is 0.414 e. The van der Waals surface area contributed by atoms with Crippen LogP contribution >= 0.6 is 0 Å². The van der Waals surface area contributed by atoms with E-state index in [4.69, 9.17) is 4.74 Å². The number of aliphatic carboxylic acids is 1. The average molecular weight is 327 g/mol. The van der Waals surface area contributed by atoms with Gasteiger partial charge in [0.15, 0.2) is 0 Å². The second kappa shape index (κ2) is 6.62. The summed E-state index contributed by atoms with van der Waals surface area (Å²) in [4.78, 5) is 25.2. The van der Waals surface area contributed by atoms with Gasteiger partial charge < -0.3 is 14.9 Å². The van der Waals surface area contributed by atoms with Gasteiger partial charge in [-0.05, 0) is 35.7 Å². The summed E-state index contributed by atoms with van der Waals surface area (Å²) in [5.41, 5.74) is 1.76. The van der Waals surface area contributed by atoms with Crippen LogP contribution in [0.25, 0.3) is 0 Å². The van der Waals surface area contributed by atoms with E-state index in [0.717, 1.165) is 5.56 Å². The Bertz CT molecular complexity index is 759. The van der Waals surface area contributed by atoms with E-state index in [1.807, 2.05) is 30.3 Å². The van der Waals surface area contributed by atoms with E-state index in [-0.39, 0.29) is 25.3 Å². The van der Waals surface area contributed by atoms with Crippen molar-refractivity contribution in [1.82, 2.24) is 0 Å². The van der Waals surface area contributed by atoms with Gasteiger partial charge in [0, 0.05) is 6.54 Å². The zero-order valence-electron chi connectivity index (χ0n) is 12.9. The summed E-state index contributed by atoms with van der Waals surface area (Å²) in [6, 6.07) is 13.7. The fourth-order valence-electron chi connectivity index (χ4n) is 2.84. The van der Waals surface area contributed by atoms with Crippen LogP contribution < -0.4 is 4.90 Å². The highest BCUT2D eigenvalue weighted by molar-refractivity contribution is 5.92. The Morgan fingerprint density at radius 1 is 1.17 bits per heavy atom. The summed E-state index contributed by atoms with van der Waals surface area (Å²) in [5, 5.41) is 19.0. The molecule has 0 fully saturated rings. The molecule has 6 nitrogen and oxygen atoms in total. The number of hydrogen-bond donors (Lipinski definition) is 2. The third-order valence-corrected chi connectivity index (χ3v) is 4.04. The summed E-state index contributed by atoms with van der Waals surface area (Å²) in [6.45, 7) is 0.397. The van der Waals surface area contributed by atoms with Crippen molar-refractivity contribution in [3.05, 3.63) is 59.7 Å². The Morgan fingerprint density at radius 3 is 2.62 bits per heavy atom. The molecule has 0 aliphatic carbocycles. The van der Waals surface area contributed by atoms with Crippen molar-refractivity contribution >= 4 is 17.7 Å². The fourth-order valence-corrected chi connectivity index (χ4v) is 2.84. The number of ether oxygens (including phenoxy) is 1. The molecular weight excluding hydrogens is 310 g/mol. The van der Waals surface area contributed by atoms with Gasteiger partial charge in [-0.2, -0.15) is 0 Å². The van der Waals surface area contributed by atoms with Crippen LogP contribution in [0.15, 0.2) is 48.5 Å². The fraction of sp³-hybridized carbons (Fsp3) is 0.222. The molecule has 0 saturated heterocycles. The van der Waals surface area contributed by atoms with Gasteiger partial charge >= 0.3 is 12.1 Å². The Balaban J connectivity index is 1.80. The molecule has 0 saturated carbocycles. The number of nitrogens with zero attached hydrogens (tertiary/aromatic N) is 1. The van der Waals surface area contributed by atoms with Gasteiger partial charge in [0.05, 0.1) is 11.6 Å². The molecule has 24 heavy (non-hydrogen) atoms. The van der Waals surface area contributed by atoms with E-state index >= 15 is 0 Å². The van der Waals surface area contributed by atoms with E-state index in [2.05, 4.69) is 0 Å². The topological polar surface area (TPSA) is 87.1 Å². The van der Waals surface area contributed by atoms with Crippen LogP contribution in [0.2, 0.25) is 0 Å². The summed E-state index contributed by atoms with van der Waals surface area (Å²) < 4.78 is 5.33. The molecule has 124 valence electrons. The lowest BCUT2D eigenvalue weighted by Crippen LogP contribution is -2.38. The smallest absolute Gasteiger partial charge is 0.414 e. The molecule has 1 aliphatic heterocycles. The van der Waals surface area contributed by atoms with E-state index < -0.39 is 18.0 Å². The maximum absolute atomic E-state index is 12.4. The number of rotatable bonds is 3. The lowest BCUT2D eigenvalue weighted by atomic mass is 9.90. The van der Waals surface area contributed by atoms with Crippen LogP contribution in [-0.2, 0) is 16.1 Å². The number of phenols is 1. The van der Waals surface area contributed by atoms with Crippen molar-refractivity contribution in [2.45, 2.75) is 18.9 Å². The second-order valence-corrected chi connectivity index (χ2v) is 5.61. The predicted octanol–water partition coefficient (Wildman–Crippen LogP) is 3.11. The third kappa shape index (κ3) is 3.17. The van der Waals surface area contributed by atoms with Crippen LogP contribution in [0.1, 0.15) is 23.5 Å². The van der Waals surface area contributed by atoms with Crippen molar-refractivity contribution in [3.8, 4) is 5.75 Å². The minimum absolute atomic E-state index is 0.0282. The Labute approximate surface area is 138 Å². The number of carbonyl (C=O) groups is 2. The van der Waals surface area contributed by atoms with Crippen LogP contribution in [-0.4, -0.2) is 28.8 Å². The molecule has 1 heterocycles. The molecule has 1 aliphatic rings. The van der Waals surface area contributed by atoms with E-state index in [1.165, 1.54) is 17.0 Å². The van der Waals surface area contributed by atoms with Crippen molar-refractivity contribution < 1.29 is 24.5 Å². The quantitative estimate of drug-likeness (QED) is 0.904. The van der Waals surface area contributed by atoms with E-state index in [0.29, 0.717) is 11.3 Å². The van der Waals surface area contributed by atoms with Crippen LogP contribution in [0.3, 0.4) is 0 Å². The first kappa shape index (κ1) is 15.9. The molecule has 1 unspecified atom stereocenters. The molecule has 2 aromatic carbocycles. The Kier molecular flexibility index (Phi) is 4.37. The first-order chi connectivity index (χ1) is 11.6. The lowest BCUT2D eigenvalue weighted by molar-refractivity contribution is -0.139. The number of hydrogen-bond acceptors (Lipinski definition) is 4. The minimum atomic E-state index is -0.973. The second-order valence-electron chi connectivity index (χ2n) is 5.61. The number of anilines is 1. The number of carboxylic acid groups (broad SMARTS) is 1. The molecular formula is C18H17NO5. The van der Waals surface area contributed by atoms with Gasteiger partial charge in [0.25, 0.3) is 0 Å². The van der Waals surface area contributed by atoms with Gasteiger partial charge in [0.2, 0.25) is 0 Å². The van der Waals surface area contributed by atoms with Crippen molar-refractivity contribution in [1.29, 1.82) is 0 Å². The zero-order valence-corrected chi connectivity index (χ0v) is 12.9. The van der Waals surface area contributed by atoms with Crippen molar-refractivity contribution in [2.24, 2.45) is 0 Å². The van der Waals surface area contributed by atoms with Gasteiger partial charge in [-0.1, -0.05) is 30.3 Å². The van der Waals surface area contributed by atoms with Crippen LogP contribution in [0, 0.1) is 0 Å². The molecule has 3 rings (SSSR count). The number of phenolic OH excluding ortho intramolecular Hbond substituents is 1. The first-order valence-corrected chi connectivity index (χ1v) is 7.60. The molecule has 6 heteroatoms. The summed E-state index contributed by atoms with van der Waals surface area (Å²) in [7, 11) is 0. The number of carboxylic acids is 1. The molecule has 0 bridgehead atoms. The van der Waals surface area contributed by atoms with E-state index in [1.54, 1.807) is 6.07 Å². The standard InChI is InChI=1S/C18H17NO5/c20-13-6-7-16-15(10-13)14(17(21)22)8-9-19(16)18(23)24-11-12-4-2-1-3-5-12/h1-7,10,14,20H,8-9,11H2,(H,21,22). The SMILES string of the molecule is O=C(O)C1CCN(C(=O)OCc2ccccc2)c2ccc(O)cc21. The largest absolute Gasteiger partial charge is 0.508 e. The van der Waals surface area contributed by atoms with Gasteiger partial charge in [-0.3, -0.25) is 9.69 Å². The number of aromatic hydroxyl groups is 1. The summed E-state index contributed by atoms with van der Waals surface area (Å²) in [5.74, 6) is -1.75. The highest BCUT2D eigenvalue weighted by Crippen LogP contribution is 2.37. The zero-order chi connectivity index (χ0) is 17.1. The molecule has 2 N–H and O–H groups in total. The predicted molar refractivity (Wildman–Crippen MR) is 87.1 cm³/mol. The molecule has 0 aromatic heterocycles. The van der Waals surface area contributed by atoms with E-state index in [9.17, 15) is 19.8 Å². The number of carbonyl (C=O) groups excluding carboxylic acids is 1. The molecule has 0 spiro atoms. The normalized spacial score (nSPS) is 16.3. The van der Waals surface area contributed by atoms with Crippen molar-refractivity contribution in [3.63, 3.8) is 0 Å². The highest BCUT2D eigenvalue weighted by atomic mass is 16.6. The highest BCUT2D eigenvalue weighted by Gasteiger charge is 2.33. The van der Waals surface area contributed by atoms with Gasteiger partial charge in [0.1, 0.15) is 12.4 Å². The molecule has 2 aromatic rings. The third-order valence-electron chi connectivity index (χ3n) is 4.04. The van der Waals surface area contributed by atoms with Gasteiger partial charge in [-0.25, -0.2) is 4.79 Å². The minimum Gasteiger partial charge on any atom is -0.508 e.